The molecule has 0 saturated carbocycles. The highest BCUT2D eigenvalue weighted by atomic mass is 16.7. The van der Waals surface area contributed by atoms with Crippen LogP contribution in [0.5, 0.6) is 0 Å². The number of ether oxygens (including phenoxy) is 2. The summed E-state index contributed by atoms with van der Waals surface area (Å²) in [5.74, 6) is 0. The lowest BCUT2D eigenvalue weighted by Gasteiger charge is -2.38. The lowest BCUT2D eigenvalue weighted by Crippen LogP contribution is -2.53. The van der Waals surface area contributed by atoms with Crippen molar-refractivity contribution in [1.82, 2.24) is 14.7 Å². The van der Waals surface area contributed by atoms with Crippen molar-refractivity contribution in [3.05, 3.63) is 12.4 Å². The van der Waals surface area contributed by atoms with Gasteiger partial charge in [-0.05, 0) is 55.4 Å². The first kappa shape index (κ1) is 22.1. The van der Waals surface area contributed by atoms with E-state index in [1.807, 2.05) is 66.3 Å². The van der Waals surface area contributed by atoms with Crippen molar-refractivity contribution >= 4 is 18.7 Å². The maximum atomic E-state index is 12.5. The molecule has 1 aromatic rings. The maximum Gasteiger partial charge on any atom is 0.498 e. The highest BCUT2D eigenvalue weighted by Crippen LogP contribution is 2.36. The van der Waals surface area contributed by atoms with Crippen LogP contribution in [0.1, 0.15) is 55.4 Å². The summed E-state index contributed by atoms with van der Waals surface area (Å²) in [6.45, 7) is 17.1. The van der Waals surface area contributed by atoms with Gasteiger partial charge in [0, 0.05) is 17.9 Å². The number of morpholine rings is 1. The van der Waals surface area contributed by atoms with Crippen molar-refractivity contribution in [1.29, 1.82) is 0 Å². The predicted molar refractivity (Wildman–Crippen MR) is 110 cm³/mol. The number of aromatic nitrogens is 2. The second-order valence-electron chi connectivity index (χ2n) is 10.0. The summed E-state index contributed by atoms with van der Waals surface area (Å²) in [6, 6.07) is -0.0287. The zero-order chi connectivity index (χ0) is 21.6. The number of amides is 1. The molecule has 1 aromatic heterocycles. The summed E-state index contributed by atoms with van der Waals surface area (Å²) in [5.41, 5.74) is -0.437. The first-order chi connectivity index (χ1) is 13.3. The van der Waals surface area contributed by atoms with Crippen molar-refractivity contribution in [3.8, 4) is 0 Å². The third kappa shape index (κ3) is 4.95. The van der Waals surface area contributed by atoms with Gasteiger partial charge < -0.3 is 23.7 Å². The van der Waals surface area contributed by atoms with Gasteiger partial charge in [0.25, 0.3) is 0 Å². The van der Waals surface area contributed by atoms with Gasteiger partial charge >= 0.3 is 13.2 Å². The minimum absolute atomic E-state index is 0.0287. The Kier molecular flexibility index (Phi) is 5.79. The van der Waals surface area contributed by atoms with E-state index in [1.165, 1.54) is 0 Å². The van der Waals surface area contributed by atoms with Crippen LogP contribution in [0.3, 0.4) is 0 Å². The van der Waals surface area contributed by atoms with E-state index >= 15 is 0 Å². The molecule has 0 radical (unpaired) electrons. The zero-order valence-electron chi connectivity index (χ0n) is 18.9. The zero-order valence-corrected chi connectivity index (χ0v) is 18.9. The van der Waals surface area contributed by atoms with Gasteiger partial charge in [0.1, 0.15) is 5.60 Å². The van der Waals surface area contributed by atoms with Gasteiger partial charge in [0.05, 0.1) is 43.0 Å². The quantitative estimate of drug-likeness (QED) is 0.716. The van der Waals surface area contributed by atoms with E-state index in [4.69, 9.17) is 18.8 Å². The number of carbonyl (C=O) groups is 1. The first-order valence-electron chi connectivity index (χ1n) is 10.3. The molecule has 29 heavy (non-hydrogen) atoms. The molecule has 2 aliphatic heterocycles. The van der Waals surface area contributed by atoms with E-state index in [2.05, 4.69) is 5.10 Å². The van der Waals surface area contributed by atoms with Gasteiger partial charge in [-0.25, -0.2) is 4.79 Å². The van der Waals surface area contributed by atoms with Gasteiger partial charge in [-0.2, -0.15) is 5.10 Å². The number of rotatable bonds is 3. The molecule has 162 valence electrons. The van der Waals surface area contributed by atoms with Crippen LogP contribution in [0.15, 0.2) is 12.4 Å². The SMILES string of the molecule is CC1CO[C@@H](Cn2cc(B3OC(C)(C)C(C)(C)O3)cn2)CN1C(=O)OC(C)(C)C. The van der Waals surface area contributed by atoms with Crippen LogP contribution >= 0.6 is 0 Å². The van der Waals surface area contributed by atoms with Crippen LogP contribution in [0.25, 0.3) is 0 Å². The molecule has 2 aliphatic rings. The lowest BCUT2D eigenvalue weighted by molar-refractivity contribution is -0.0711. The summed E-state index contributed by atoms with van der Waals surface area (Å²) >= 11 is 0. The molecular weight excluding hydrogens is 373 g/mol. The smallest absolute Gasteiger partial charge is 0.444 e. The molecule has 8 nitrogen and oxygen atoms in total. The van der Waals surface area contributed by atoms with Crippen molar-refractivity contribution in [2.45, 2.75) is 90.9 Å². The molecular formula is C20H34BN3O5. The topological polar surface area (TPSA) is 75.1 Å². The van der Waals surface area contributed by atoms with Crippen LogP contribution in [0.2, 0.25) is 0 Å². The molecule has 0 spiro atoms. The molecule has 1 amide bonds. The molecule has 0 aliphatic carbocycles. The van der Waals surface area contributed by atoms with Crippen molar-refractivity contribution in [2.75, 3.05) is 13.2 Å². The second kappa shape index (κ2) is 7.59. The molecule has 2 fully saturated rings. The third-order valence-electron chi connectivity index (χ3n) is 5.70. The number of hydrogen-bond donors (Lipinski definition) is 0. The summed E-state index contributed by atoms with van der Waals surface area (Å²) in [7, 11) is -0.445. The Balaban J connectivity index is 1.62. The summed E-state index contributed by atoms with van der Waals surface area (Å²) < 4.78 is 25.5. The number of nitrogens with zero attached hydrogens (tertiary/aromatic N) is 3. The molecule has 2 saturated heterocycles. The van der Waals surface area contributed by atoms with Gasteiger partial charge in [0.2, 0.25) is 0 Å². The Labute approximate surface area is 173 Å². The normalized spacial score (nSPS) is 26.6. The minimum Gasteiger partial charge on any atom is -0.444 e. The Morgan fingerprint density at radius 3 is 2.48 bits per heavy atom. The van der Waals surface area contributed by atoms with Crippen LogP contribution in [0.4, 0.5) is 4.79 Å². The predicted octanol–water partition coefficient (Wildman–Crippen LogP) is 2.21. The van der Waals surface area contributed by atoms with Gasteiger partial charge in [0.15, 0.2) is 0 Å². The van der Waals surface area contributed by atoms with E-state index in [0.29, 0.717) is 19.7 Å². The van der Waals surface area contributed by atoms with E-state index in [0.717, 1.165) is 5.46 Å². The Morgan fingerprint density at radius 1 is 1.28 bits per heavy atom. The van der Waals surface area contributed by atoms with E-state index < -0.39 is 23.9 Å². The van der Waals surface area contributed by atoms with Gasteiger partial charge in [-0.1, -0.05) is 0 Å². The number of hydrogen-bond acceptors (Lipinski definition) is 6. The molecule has 3 heterocycles. The van der Waals surface area contributed by atoms with Crippen LogP contribution in [0, 0.1) is 0 Å². The maximum absolute atomic E-state index is 12.5. The van der Waals surface area contributed by atoms with Crippen molar-refractivity contribution < 1.29 is 23.6 Å². The fraction of sp³-hybridized carbons (Fsp3) is 0.800. The molecule has 2 atom stereocenters. The lowest BCUT2D eigenvalue weighted by atomic mass is 9.82. The van der Waals surface area contributed by atoms with Crippen LogP contribution in [-0.2, 0) is 25.3 Å². The van der Waals surface area contributed by atoms with Crippen LogP contribution < -0.4 is 5.46 Å². The molecule has 0 N–H and O–H groups in total. The summed E-state index contributed by atoms with van der Waals surface area (Å²) in [5, 5.41) is 4.44. The monoisotopic (exact) mass is 407 g/mol. The van der Waals surface area contributed by atoms with Crippen molar-refractivity contribution in [3.63, 3.8) is 0 Å². The molecule has 1 unspecified atom stereocenters. The van der Waals surface area contributed by atoms with Crippen molar-refractivity contribution in [2.24, 2.45) is 0 Å². The van der Waals surface area contributed by atoms with E-state index in [9.17, 15) is 4.79 Å². The van der Waals surface area contributed by atoms with Gasteiger partial charge in [-0.3, -0.25) is 4.68 Å². The molecule has 9 heteroatoms. The fourth-order valence-electron chi connectivity index (χ4n) is 3.29. The standard InChI is InChI=1S/C20H34BN3O5/c1-14-13-26-16(12-24(14)17(25)27-18(2,3)4)11-23-10-15(9-22-23)21-28-19(5,6)20(7,8)29-21/h9-10,14,16H,11-13H2,1-8H3/t14?,16-/m0/s1. The highest BCUT2D eigenvalue weighted by molar-refractivity contribution is 6.61. The fourth-order valence-corrected chi connectivity index (χ4v) is 3.29. The highest BCUT2D eigenvalue weighted by Gasteiger charge is 2.52. The van der Waals surface area contributed by atoms with E-state index in [1.54, 1.807) is 11.1 Å². The summed E-state index contributed by atoms with van der Waals surface area (Å²) in [6.07, 6.45) is 3.21. The first-order valence-corrected chi connectivity index (χ1v) is 10.3. The largest absolute Gasteiger partial charge is 0.498 e. The third-order valence-corrected chi connectivity index (χ3v) is 5.70. The van der Waals surface area contributed by atoms with E-state index in [-0.39, 0.29) is 18.2 Å². The minimum atomic E-state index is -0.523. The Hall–Kier alpha value is -1.58. The average Bonchev–Trinajstić information content (AvgIpc) is 3.10. The second-order valence-corrected chi connectivity index (χ2v) is 10.0. The number of carbonyl (C=O) groups excluding carboxylic acids is 1. The van der Waals surface area contributed by atoms with Gasteiger partial charge in [-0.15, -0.1) is 0 Å². The molecule has 3 rings (SSSR count). The van der Waals surface area contributed by atoms with Crippen LogP contribution in [-0.4, -0.2) is 70.0 Å². The molecule has 0 bridgehead atoms. The average molecular weight is 407 g/mol. The Bertz CT molecular complexity index is 727. The Morgan fingerprint density at radius 2 is 1.90 bits per heavy atom. The molecule has 0 aromatic carbocycles. The summed E-state index contributed by atoms with van der Waals surface area (Å²) in [4.78, 5) is 14.2.